The molecule has 1 N–H and O–H groups in total. The summed E-state index contributed by atoms with van der Waals surface area (Å²) in [7, 11) is 0. The smallest absolute Gasteiger partial charge is 0.123 e. The average Bonchev–Trinajstić information content (AvgIpc) is 2.83. The zero-order valence-electron chi connectivity index (χ0n) is 12.2. The maximum absolute atomic E-state index is 5.98. The standard InChI is InChI=1S/C16H24ClNO2/c1-2-3-8-19-9-4-7-18-12-15-11-13-10-14(17)5-6-16(13)20-15/h5-6,10,15,18H,2-4,7-9,11-12H2,1H3. The zero-order valence-corrected chi connectivity index (χ0v) is 12.9. The molecule has 112 valence electrons. The van der Waals surface area contributed by atoms with Crippen molar-refractivity contribution < 1.29 is 9.47 Å². The molecule has 0 spiro atoms. The van der Waals surface area contributed by atoms with E-state index in [-0.39, 0.29) is 6.10 Å². The van der Waals surface area contributed by atoms with Gasteiger partial charge in [0.1, 0.15) is 11.9 Å². The summed E-state index contributed by atoms with van der Waals surface area (Å²) in [6, 6.07) is 5.83. The summed E-state index contributed by atoms with van der Waals surface area (Å²) in [4.78, 5) is 0. The number of halogens is 1. The van der Waals surface area contributed by atoms with Crippen molar-refractivity contribution in [2.75, 3.05) is 26.3 Å². The van der Waals surface area contributed by atoms with E-state index in [1.54, 1.807) is 0 Å². The monoisotopic (exact) mass is 297 g/mol. The number of hydrogen-bond donors (Lipinski definition) is 1. The van der Waals surface area contributed by atoms with Crippen LogP contribution in [0.15, 0.2) is 18.2 Å². The van der Waals surface area contributed by atoms with E-state index in [9.17, 15) is 0 Å². The lowest BCUT2D eigenvalue weighted by molar-refractivity contribution is 0.128. The van der Waals surface area contributed by atoms with E-state index in [0.717, 1.165) is 56.3 Å². The van der Waals surface area contributed by atoms with Crippen molar-refractivity contribution in [2.24, 2.45) is 0 Å². The highest BCUT2D eigenvalue weighted by Crippen LogP contribution is 2.30. The fraction of sp³-hybridized carbons (Fsp3) is 0.625. The summed E-state index contributed by atoms with van der Waals surface area (Å²) in [5, 5.41) is 4.21. The van der Waals surface area contributed by atoms with Crippen LogP contribution in [0.4, 0.5) is 0 Å². The van der Waals surface area contributed by atoms with Gasteiger partial charge >= 0.3 is 0 Å². The largest absolute Gasteiger partial charge is 0.488 e. The maximum Gasteiger partial charge on any atom is 0.123 e. The van der Waals surface area contributed by atoms with Crippen LogP contribution in [0.1, 0.15) is 31.7 Å². The van der Waals surface area contributed by atoms with E-state index >= 15 is 0 Å². The minimum absolute atomic E-state index is 0.226. The number of hydrogen-bond acceptors (Lipinski definition) is 3. The van der Waals surface area contributed by atoms with Gasteiger partial charge in [-0.15, -0.1) is 0 Å². The summed E-state index contributed by atoms with van der Waals surface area (Å²) in [5.74, 6) is 0.976. The number of ether oxygens (including phenoxy) is 2. The molecule has 0 amide bonds. The van der Waals surface area contributed by atoms with Gasteiger partial charge in [-0.05, 0) is 43.1 Å². The van der Waals surface area contributed by atoms with Gasteiger partial charge in [-0.2, -0.15) is 0 Å². The number of rotatable bonds is 9. The Morgan fingerprint density at radius 2 is 2.20 bits per heavy atom. The van der Waals surface area contributed by atoms with Gasteiger partial charge in [0.2, 0.25) is 0 Å². The molecule has 0 bridgehead atoms. The van der Waals surface area contributed by atoms with Crippen molar-refractivity contribution in [1.29, 1.82) is 0 Å². The summed E-state index contributed by atoms with van der Waals surface area (Å²) in [5.41, 5.74) is 1.21. The molecule has 2 rings (SSSR count). The van der Waals surface area contributed by atoms with Crippen molar-refractivity contribution in [1.82, 2.24) is 5.32 Å². The highest BCUT2D eigenvalue weighted by molar-refractivity contribution is 6.30. The molecule has 3 nitrogen and oxygen atoms in total. The highest BCUT2D eigenvalue weighted by atomic mass is 35.5. The van der Waals surface area contributed by atoms with Gasteiger partial charge in [0.25, 0.3) is 0 Å². The lowest BCUT2D eigenvalue weighted by atomic mass is 10.1. The zero-order chi connectivity index (χ0) is 14.2. The molecular weight excluding hydrogens is 274 g/mol. The number of fused-ring (bicyclic) bond motifs is 1. The van der Waals surface area contributed by atoms with Crippen LogP contribution in [0.2, 0.25) is 5.02 Å². The molecule has 1 aromatic carbocycles. The second kappa shape index (κ2) is 8.50. The van der Waals surface area contributed by atoms with Gasteiger partial charge < -0.3 is 14.8 Å². The molecule has 1 aliphatic rings. The SMILES string of the molecule is CCCCOCCCNCC1Cc2cc(Cl)ccc2O1. The fourth-order valence-corrected chi connectivity index (χ4v) is 2.51. The quantitative estimate of drug-likeness (QED) is 0.708. The second-order valence-electron chi connectivity index (χ2n) is 5.22. The molecular formula is C16H24ClNO2. The minimum atomic E-state index is 0.226. The first-order valence-electron chi connectivity index (χ1n) is 7.53. The third-order valence-electron chi connectivity index (χ3n) is 3.42. The van der Waals surface area contributed by atoms with Crippen LogP contribution in [0.3, 0.4) is 0 Å². The fourth-order valence-electron chi connectivity index (χ4n) is 2.31. The molecule has 0 saturated heterocycles. The van der Waals surface area contributed by atoms with E-state index in [4.69, 9.17) is 21.1 Å². The van der Waals surface area contributed by atoms with Crippen LogP contribution in [0, 0.1) is 0 Å². The topological polar surface area (TPSA) is 30.5 Å². The van der Waals surface area contributed by atoms with E-state index in [1.165, 1.54) is 12.0 Å². The molecule has 0 aliphatic carbocycles. The van der Waals surface area contributed by atoms with Crippen LogP contribution in [0.5, 0.6) is 5.75 Å². The lowest BCUT2D eigenvalue weighted by Gasteiger charge is -2.11. The van der Waals surface area contributed by atoms with Crippen LogP contribution in [-0.2, 0) is 11.2 Å². The second-order valence-corrected chi connectivity index (χ2v) is 5.66. The van der Waals surface area contributed by atoms with Crippen molar-refractivity contribution in [2.45, 2.75) is 38.7 Å². The number of nitrogens with one attached hydrogen (secondary N) is 1. The van der Waals surface area contributed by atoms with Crippen LogP contribution in [-0.4, -0.2) is 32.4 Å². The first kappa shape index (κ1) is 15.6. The molecule has 4 heteroatoms. The van der Waals surface area contributed by atoms with Gasteiger partial charge in [-0.1, -0.05) is 24.9 Å². The van der Waals surface area contributed by atoms with Gasteiger partial charge in [-0.25, -0.2) is 0 Å². The number of benzene rings is 1. The Kier molecular flexibility index (Phi) is 6.64. The van der Waals surface area contributed by atoms with Gasteiger partial charge in [-0.3, -0.25) is 0 Å². The molecule has 1 aromatic rings. The average molecular weight is 298 g/mol. The third kappa shape index (κ3) is 4.97. The highest BCUT2D eigenvalue weighted by Gasteiger charge is 2.22. The summed E-state index contributed by atoms with van der Waals surface area (Å²) in [6.07, 6.45) is 4.57. The van der Waals surface area contributed by atoms with E-state index < -0.39 is 0 Å². The number of unbranched alkanes of at least 4 members (excludes halogenated alkanes) is 1. The molecule has 0 aromatic heterocycles. The van der Waals surface area contributed by atoms with Crippen LogP contribution >= 0.6 is 11.6 Å². The maximum atomic E-state index is 5.98. The Bertz CT molecular complexity index is 411. The Morgan fingerprint density at radius 3 is 3.05 bits per heavy atom. The van der Waals surface area contributed by atoms with E-state index in [2.05, 4.69) is 12.2 Å². The Balaban J connectivity index is 1.54. The predicted molar refractivity (Wildman–Crippen MR) is 82.8 cm³/mol. The first-order chi connectivity index (χ1) is 9.79. The van der Waals surface area contributed by atoms with E-state index in [1.807, 2.05) is 18.2 Å². The van der Waals surface area contributed by atoms with Gasteiger partial charge in [0, 0.05) is 31.2 Å². The Labute approximate surface area is 126 Å². The molecule has 1 unspecified atom stereocenters. The van der Waals surface area contributed by atoms with Crippen molar-refractivity contribution >= 4 is 11.6 Å². The van der Waals surface area contributed by atoms with E-state index in [0.29, 0.717) is 0 Å². The lowest BCUT2D eigenvalue weighted by Crippen LogP contribution is -2.31. The molecule has 0 saturated carbocycles. The van der Waals surface area contributed by atoms with Gasteiger partial charge in [0.15, 0.2) is 0 Å². The normalized spacial score (nSPS) is 17.0. The van der Waals surface area contributed by atoms with Crippen LogP contribution in [0.25, 0.3) is 0 Å². The van der Waals surface area contributed by atoms with Gasteiger partial charge in [0.05, 0.1) is 0 Å². The van der Waals surface area contributed by atoms with Crippen molar-refractivity contribution in [3.05, 3.63) is 28.8 Å². The van der Waals surface area contributed by atoms with Crippen molar-refractivity contribution in [3.8, 4) is 5.75 Å². The summed E-state index contributed by atoms with van der Waals surface area (Å²) in [6.45, 7) is 5.76. The Hall–Kier alpha value is -0.770. The first-order valence-corrected chi connectivity index (χ1v) is 7.91. The minimum Gasteiger partial charge on any atom is -0.488 e. The molecule has 1 atom stereocenters. The molecule has 20 heavy (non-hydrogen) atoms. The molecule has 1 heterocycles. The molecule has 0 fully saturated rings. The molecule has 0 radical (unpaired) electrons. The van der Waals surface area contributed by atoms with Crippen LogP contribution < -0.4 is 10.1 Å². The third-order valence-corrected chi connectivity index (χ3v) is 3.66. The van der Waals surface area contributed by atoms with Crippen molar-refractivity contribution in [3.63, 3.8) is 0 Å². The Morgan fingerprint density at radius 1 is 1.35 bits per heavy atom. The molecule has 1 aliphatic heterocycles. The summed E-state index contributed by atoms with van der Waals surface area (Å²) < 4.78 is 11.4. The summed E-state index contributed by atoms with van der Waals surface area (Å²) >= 11 is 5.98. The predicted octanol–water partition coefficient (Wildman–Crippen LogP) is 3.44.